The van der Waals surface area contributed by atoms with Gasteiger partial charge in [-0.15, -0.1) is 0 Å². The summed E-state index contributed by atoms with van der Waals surface area (Å²) in [4.78, 5) is 61.7. The molecule has 29 heavy (non-hydrogen) atoms. The van der Waals surface area contributed by atoms with E-state index in [9.17, 15) is 29.1 Å². The van der Waals surface area contributed by atoms with Gasteiger partial charge in [0.25, 0.3) is 0 Å². The van der Waals surface area contributed by atoms with Crippen LogP contribution in [0.1, 0.15) is 26.2 Å². The predicted molar refractivity (Wildman–Crippen MR) is 100 cm³/mol. The zero-order valence-electron chi connectivity index (χ0n) is 15.9. The predicted octanol–water partition coefficient (Wildman–Crippen LogP) is -3.97. The van der Waals surface area contributed by atoms with Crippen LogP contribution in [0.2, 0.25) is 0 Å². The van der Waals surface area contributed by atoms with Crippen molar-refractivity contribution < 1.29 is 34.2 Å². The fraction of sp³-hybridized carbons (Fsp3) is 0.600. The van der Waals surface area contributed by atoms with Gasteiger partial charge in [0, 0.05) is 6.54 Å². The molecule has 0 spiro atoms. The monoisotopic (exact) mass is 417 g/mol. The van der Waals surface area contributed by atoms with Crippen LogP contribution in [0.4, 0.5) is 0 Å². The van der Waals surface area contributed by atoms with Crippen molar-refractivity contribution in [2.75, 3.05) is 13.1 Å². The van der Waals surface area contributed by atoms with E-state index < -0.39 is 54.2 Å². The van der Waals surface area contributed by atoms with Gasteiger partial charge >= 0.3 is 11.9 Å². The third-order valence-electron chi connectivity index (χ3n) is 3.53. The number of amides is 3. The van der Waals surface area contributed by atoms with Gasteiger partial charge in [0.2, 0.25) is 17.7 Å². The minimum Gasteiger partial charge on any atom is -0.481 e. The molecule has 3 atom stereocenters. The summed E-state index contributed by atoms with van der Waals surface area (Å²) in [5.74, 6) is -5.39. The molecule has 0 aromatic rings. The summed E-state index contributed by atoms with van der Waals surface area (Å²) in [6.45, 7) is 1.08. The van der Waals surface area contributed by atoms with Crippen molar-refractivity contribution in [3.63, 3.8) is 0 Å². The van der Waals surface area contributed by atoms with Crippen LogP contribution in [0, 0.1) is 0 Å². The smallest absolute Gasteiger partial charge is 0.326 e. The average Bonchev–Trinajstić information content (AvgIpc) is 2.62. The molecular weight excluding hydrogens is 390 g/mol. The topological polar surface area (TPSA) is 252 Å². The maximum absolute atomic E-state index is 12.3. The normalized spacial score (nSPS) is 13.3. The Bertz CT molecular complexity index is 649. The zero-order valence-corrected chi connectivity index (χ0v) is 15.9. The lowest BCUT2D eigenvalue weighted by atomic mass is 10.1. The van der Waals surface area contributed by atoms with E-state index >= 15 is 0 Å². The fourth-order valence-corrected chi connectivity index (χ4v) is 2.08. The molecule has 0 aliphatic rings. The van der Waals surface area contributed by atoms with E-state index in [-0.39, 0.29) is 31.9 Å². The molecule has 0 bridgehead atoms. The standard InChI is InChI=1S/C15H27N7O7/c1-7(20-10(23)6-16)12(26)22-9(5-11(24)25)13(27)21-8(14(28)29)3-2-4-19-15(17)18/h7-9H,2-6,16H2,1H3,(H,20,23)(H,21,27)(H,22,26)(H,24,25)(H,28,29)(H4,17,18,19). The van der Waals surface area contributed by atoms with Gasteiger partial charge in [0.05, 0.1) is 13.0 Å². The van der Waals surface area contributed by atoms with Gasteiger partial charge in [0.15, 0.2) is 5.96 Å². The fourth-order valence-electron chi connectivity index (χ4n) is 2.08. The zero-order chi connectivity index (χ0) is 22.6. The second kappa shape index (κ2) is 12.9. The lowest BCUT2D eigenvalue weighted by Crippen LogP contribution is -2.56. The van der Waals surface area contributed by atoms with Crippen molar-refractivity contribution in [2.24, 2.45) is 22.2 Å². The molecule has 0 radical (unpaired) electrons. The number of carbonyl (C=O) groups is 5. The number of carboxylic acids is 2. The van der Waals surface area contributed by atoms with Crippen LogP contribution in [-0.2, 0) is 24.0 Å². The number of hydrogen-bond donors (Lipinski definition) is 8. The molecule has 0 saturated heterocycles. The largest absolute Gasteiger partial charge is 0.481 e. The summed E-state index contributed by atoms with van der Waals surface area (Å²) in [6.07, 6.45) is -0.600. The quantitative estimate of drug-likeness (QED) is 0.0819. The molecule has 3 amide bonds. The lowest BCUT2D eigenvalue weighted by Gasteiger charge is -2.22. The highest BCUT2D eigenvalue weighted by Crippen LogP contribution is 2.02. The van der Waals surface area contributed by atoms with Gasteiger partial charge in [-0.25, -0.2) is 4.79 Å². The van der Waals surface area contributed by atoms with Gasteiger partial charge in [-0.2, -0.15) is 0 Å². The molecule has 0 aliphatic heterocycles. The van der Waals surface area contributed by atoms with Crippen molar-refractivity contribution in [3.8, 4) is 0 Å². The highest BCUT2D eigenvalue weighted by atomic mass is 16.4. The van der Waals surface area contributed by atoms with Crippen LogP contribution >= 0.6 is 0 Å². The van der Waals surface area contributed by atoms with E-state index in [0.29, 0.717) is 0 Å². The van der Waals surface area contributed by atoms with Crippen LogP contribution < -0.4 is 33.2 Å². The van der Waals surface area contributed by atoms with Gasteiger partial charge in [0.1, 0.15) is 18.1 Å². The van der Waals surface area contributed by atoms with Crippen molar-refractivity contribution in [1.29, 1.82) is 0 Å². The number of rotatable bonds is 13. The third kappa shape index (κ3) is 11.1. The highest BCUT2D eigenvalue weighted by Gasteiger charge is 2.29. The first kappa shape index (κ1) is 25.6. The summed E-state index contributed by atoms with van der Waals surface area (Å²) >= 11 is 0. The molecule has 11 N–H and O–H groups in total. The minimum atomic E-state index is -1.56. The molecule has 0 saturated carbocycles. The first-order valence-corrected chi connectivity index (χ1v) is 8.58. The van der Waals surface area contributed by atoms with E-state index in [4.69, 9.17) is 22.3 Å². The number of carbonyl (C=O) groups excluding carboxylic acids is 3. The summed E-state index contributed by atoms with van der Waals surface area (Å²) in [5.41, 5.74) is 15.4. The van der Waals surface area contributed by atoms with Gasteiger partial charge < -0.3 is 43.4 Å². The van der Waals surface area contributed by atoms with Crippen LogP contribution in [-0.4, -0.2) is 77.0 Å². The Morgan fingerprint density at radius 2 is 1.55 bits per heavy atom. The van der Waals surface area contributed by atoms with Crippen molar-refractivity contribution in [1.82, 2.24) is 16.0 Å². The Morgan fingerprint density at radius 3 is 2.03 bits per heavy atom. The van der Waals surface area contributed by atoms with Crippen molar-refractivity contribution in [2.45, 2.75) is 44.3 Å². The van der Waals surface area contributed by atoms with E-state index in [1.807, 2.05) is 0 Å². The highest BCUT2D eigenvalue weighted by molar-refractivity contribution is 5.95. The summed E-state index contributed by atoms with van der Waals surface area (Å²) in [6, 6.07) is -4.00. The number of carboxylic acid groups (broad SMARTS) is 2. The first-order chi connectivity index (χ1) is 13.5. The summed E-state index contributed by atoms with van der Waals surface area (Å²) < 4.78 is 0. The molecule has 14 heteroatoms. The number of nitrogens with two attached hydrogens (primary N) is 3. The number of nitrogens with zero attached hydrogens (tertiary/aromatic N) is 1. The first-order valence-electron chi connectivity index (χ1n) is 8.58. The number of guanidine groups is 1. The minimum absolute atomic E-state index is 0.0332. The number of aliphatic imine (C=N–C) groups is 1. The molecule has 0 heterocycles. The van der Waals surface area contributed by atoms with Crippen LogP contribution in [0.25, 0.3) is 0 Å². The van der Waals surface area contributed by atoms with Gasteiger partial charge in [-0.05, 0) is 19.8 Å². The Hall–Kier alpha value is -3.42. The molecule has 164 valence electrons. The maximum Gasteiger partial charge on any atom is 0.326 e. The van der Waals surface area contributed by atoms with Crippen LogP contribution in [0.5, 0.6) is 0 Å². The van der Waals surface area contributed by atoms with Crippen LogP contribution in [0.3, 0.4) is 0 Å². The summed E-state index contributed by atoms with van der Waals surface area (Å²) in [5, 5.41) is 24.8. The molecule has 3 unspecified atom stereocenters. The lowest BCUT2D eigenvalue weighted by molar-refractivity contribution is -0.143. The molecule has 0 rings (SSSR count). The maximum atomic E-state index is 12.3. The Balaban J connectivity index is 5.04. The molecule has 0 aliphatic carbocycles. The molecular formula is C15H27N7O7. The van der Waals surface area contributed by atoms with Crippen molar-refractivity contribution >= 4 is 35.6 Å². The van der Waals surface area contributed by atoms with E-state index in [1.54, 1.807) is 0 Å². The molecule has 14 nitrogen and oxygen atoms in total. The number of hydrogen-bond acceptors (Lipinski definition) is 7. The second-order valence-electron chi connectivity index (χ2n) is 6.00. The molecule has 0 aromatic heterocycles. The third-order valence-corrected chi connectivity index (χ3v) is 3.53. The van der Waals surface area contributed by atoms with Gasteiger partial charge in [-0.3, -0.25) is 24.2 Å². The SMILES string of the molecule is CC(NC(=O)CN)C(=O)NC(CC(=O)O)C(=O)NC(CCCN=C(N)N)C(=O)O. The number of aliphatic carboxylic acids is 2. The Labute approximate surface area is 166 Å². The average molecular weight is 417 g/mol. The van der Waals surface area contributed by atoms with Crippen molar-refractivity contribution in [3.05, 3.63) is 0 Å². The van der Waals surface area contributed by atoms with Gasteiger partial charge in [-0.1, -0.05) is 0 Å². The van der Waals surface area contributed by atoms with Crippen LogP contribution in [0.15, 0.2) is 4.99 Å². The summed E-state index contributed by atoms with van der Waals surface area (Å²) in [7, 11) is 0. The van der Waals surface area contributed by atoms with E-state index in [1.165, 1.54) is 6.92 Å². The Morgan fingerprint density at radius 1 is 0.966 bits per heavy atom. The molecule has 0 fully saturated rings. The second-order valence-corrected chi connectivity index (χ2v) is 6.00. The van der Waals surface area contributed by atoms with E-state index in [0.717, 1.165) is 0 Å². The molecule has 0 aromatic carbocycles. The number of nitrogens with one attached hydrogen (secondary N) is 3. The van der Waals surface area contributed by atoms with E-state index in [2.05, 4.69) is 20.9 Å². The Kier molecular flexibility index (Phi) is 11.4.